The molecule has 0 heterocycles. The van der Waals surface area contributed by atoms with E-state index in [-0.39, 0.29) is 5.75 Å². The summed E-state index contributed by atoms with van der Waals surface area (Å²) in [7, 11) is 0. The Bertz CT molecular complexity index is 883. The van der Waals surface area contributed by atoms with Crippen LogP contribution in [0, 0.1) is 13.8 Å². The summed E-state index contributed by atoms with van der Waals surface area (Å²) >= 11 is 0. The van der Waals surface area contributed by atoms with E-state index in [0.717, 1.165) is 11.3 Å². The minimum atomic E-state index is -0.677. The number of hydrogen-bond donors (Lipinski definition) is 2. The molecule has 0 saturated heterocycles. The van der Waals surface area contributed by atoms with E-state index in [1.165, 1.54) is 17.8 Å². The Kier molecular flexibility index (Phi) is 6.28. The molecule has 0 aliphatic carbocycles. The number of azo groups is 1. The Morgan fingerprint density at radius 3 is 2.30 bits per heavy atom. The molecular weight excluding hydrogens is 344 g/mol. The van der Waals surface area contributed by atoms with Crippen molar-refractivity contribution < 1.29 is 14.6 Å². The maximum absolute atomic E-state index is 11.6. The number of rotatable bonds is 4. The van der Waals surface area contributed by atoms with E-state index in [0.29, 0.717) is 11.3 Å². The molecule has 0 atom stereocenters. The first-order chi connectivity index (χ1) is 12.6. The van der Waals surface area contributed by atoms with Gasteiger partial charge in [-0.1, -0.05) is 6.07 Å². The molecule has 7 nitrogen and oxygen atoms in total. The molecule has 0 bridgehead atoms. The molecule has 0 aliphatic heterocycles. The van der Waals surface area contributed by atoms with Gasteiger partial charge in [-0.25, -0.2) is 10.2 Å². The third kappa shape index (κ3) is 6.54. The Hall–Kier alpha value is -3.22. The third-order valence-corrected chi connectivity index (χ3v) is 3.54. The fourth-order valence-corrected chi connectivity index (χ4v) is 2.07. The standard InChI is InChI=1S/C20H24N4O3/c1-13-6-7-16(10-14(13)2)22-23-17-8-9-18(25)15(11-17)12-21-24-19(26)27-20(3,4)5/h6-12,25H,1-5H3,(H,24,26)/b21-12-,23-22?. The molecule has 0 fully saturated rings. The lowest BCUT2D eigenvalue weighted by atomic mass is 10.1. The van der Waals surface area contributed by atoms with Gasteiger partial charge in [-0.3, -0.25) is 0 Å². The second-order valence-electron chi connectivity index (χ2n) is 7.08. The van der Waals surface area contributed by atoms with E-state index in [1.807, 2.05) is 32.0 Å². The smallest absolute Gasteiger partial charge is 0.428 e. The Labute approximate surface area is 158 Å². The molecule has 0 spiro atoms. The van der Waals surface area contributed by atoms with Crippen LogP contribution < -0.4 is 5.43 Å². The number of aromatic hydroxyl groups is 1. The van der Waals surface area contributed by atoms with Crippen molar-refractivity contribution in [2.75, 3.05) is 0 Å². The predicted molar refractivity (Wildman–Crippen MR) is 105 cm³/mol. The number of benzene rings is 2. The SMILES string of the molecule is Cc1ccc(N=Nc2ccc(O)c(/C=N\NC(=O)OC(C)(C)C)c2)cc1C. The zero-order valence-electron chi connectivity index (χ0n) is 16.1. The van der Waals surface area contributed by atoms with E-state index in [2.05, 4.69) is 20.8 Å². The van der Waals surface area contributed by atoms with E-state index in [1.54, 1.807) is 32.9 Å². The Morgan fingerprint density at radius 1 is 1.04 bits per heavy atom. The van der Waals surface area contributed by atoms with Crippen LogP contribution in [-0.2, 0) is 4.74 Å². The molecule has 2 rings (SSSR count). The van der Waals surface area contributed by atoms with Crippen LogP contribution in [0.4, 0.5) is 16.2 Å². The minimum absolute atomic E-state index is 0.00914. The van der Waals surface area contributed by atoms with Gasteiger partial charge >= 0.3 is 6.09 Å². The largest absolute Gasteiger partial charge is 0.507 e. The molecule has 2 aromatic rings. The maximum atomic E-state index is 11.6. The highest BCUT2D eigenvalue weighted by Gasteiger charge is 2.15. The molecule has 142 valence electrons. The molecular formula is C20H24N4O3. The molecule has 0 saturated carbocycles. The lowest BCUT2D eigenvalue weighted by molar-refractivity contribution is 0.0529. The average Bonchev–Trinajstić information content (AvgIpc) is 2.56. The zero-order valence-corrected chi connectivity index (χ0v) is 16.1. The van der Waals surface area contributed by atoms with Gasteiger partial charge < -0.3 is 9.84 Å². The molecule has 0 aromatic heterocycles. The monoisotopic (exact) mass is 368 g/mol. The van der Waals surface area contributed by atoms with Crippen molar-refractivity contribution in [1.82, 2.24) is 5.43 Å². The van der Waals surface area contributed by atoms with Gasteiger partial charge in [0.15, 0.2) is 0 Å². The maximum Gasteiger partial charge on any atom is 0.428 e. The highest BCUT2D eigenvalue weighted by atomic mass is 16.6. The number of ether oxygens (including phenoxy) is 1. The molecule has 27 heavy (non-hydrogen) atoms. The van der Waals surface area contributed by atoms with Gasteiger partial charge in [0.25, 0.3) is 0 Å². The van der Waals surface area contributed by atoms with E-state index >= 15 is 0 Å². The van der Waals surface area contributed by atoms with Crippen molar-refractivity contribution in [3.05, 3.63) is 53.1 Å². The molecule has 1 amide bonds. The summed E-state index contributed by atoms with van der Waals surface area (Å²) in [5, 5.41) is 22.1. The van der Waals surface area contributed by atoms with Gasteiger partial charge in [0.1, 0.15) is 11.4 Å². The number of amides is 1. The Morgan fingerprint density at radius 2 is 1.67 bits per heavy atom. The molecule has 0 radical (unpaired) electrons. The Balaban J connectivity index is 2.09. The third-order valence-electron chi connectivity index (χ3n) is 3.54. The lowest BCUT2D eigenvalue weighted by Crippen LogP contribution is -2.29. The van der Waals surface area contributed by atoms with Gasteiger partial charge in [-0.05, 0) is 76.1 Å². The summed E-state index contributed by atoms with van der Waals surface area (Å²) in [6.07, 6.45) is 0.637. The number of phenolic OH excluding ortho intramolecular Hbond substituents is 1. The molecule has 0 unspecified atom stereocenters. The minimum Gasteiger partial charge on any atom is -0.507 e. The first-order valence-corrected chi connectivity index (χ1v) is 8.48. The topological polar surface area (TPSA) is 95.6 Å². The fraction of sp³-hybridized carbons (Fsp3) is 0.300. The van der Waals surface area contributed by atoms with Crippen molar-refractivity contribution >= 4 is 23.7 Å². The van der Waals surface area contributed by atoms with Crippen molar-refractivity contribution in [2.45, 2.75) is 40.2 Å². The van der Waals surface area contributed by atoms with Crippen LogP contribution in [0.1, 0.15) is 37.5 Å². The van der Waals surface area contributed by atoms with E-state index in [9.17, 15) is 9.90 Å². The lowest BCUT2D eigenvalue weighted by Gasteiger charge is -2.18. The van der Waals surface area contributed by atoms with Crippen LogP contribution in [-0.4, -0.2) is 23.0 Å². The summed E-state index contributed by atoms with van der Waals surface area (Å²) in [6.45, 7) is 9.32. The fourth-order valence-electron chi connectivity index (χ4n) is 2.07. The molecule has 7 heteroatoms. The van der Waals surface area contributed by atoms with E-state index in [4.69, 9.17) is 4.74 Å². The second-order valence-corrected chi connectivity index (χ2v) is 7.08. The number of hydrogen-bond acceptors (Lipinski definition) is 6. The summed E-state index contributed by atoms with van der Waals surface area (Å²) in [4.78, 5) is 11.6. The van der Waals surface area contributed by atoms with Gasteiger partial charge in [0.2, 0.25) is 0 Å². The highest BCUT2D eigenvalue weighted by molar-refractivity contribution is 5.85. The first-order valence-electron chi connectivity index (χ1n) is 8.48. The van der Waals surface area contributed by atoms with E-state index < -0.39 is 11.7 Å². The van der Waals surface area contributed by atoms with Crippen LogP contribution in [0.3, 0.4) is 0 Å². The van der Waals surface area contributed by atoms with Crippen LogP contribution in [0.15, 0.2) is 51.7 Å². The summed E-state index contributed by atoms with van der Waals surface area (Å²) in [5.74, 6) is 0.00914. The second kappa shape index (κ2) is 8.44. The number of carbonyl (C=O) groups is 1. The van der Waals surface area contributed by atoms with Gasteiger partial charge in [-0.15, -0.1) is 0 Å². The van der Waals surface area contributed by atoms with Crippen LogP contribution in [0.2, 0.25) is 0 Å². The number of aryl methyl sites for hydroxylation is 2. The van der Waals surface area contributed by atoms with Crippen LogP contribution >= 0.6 is 0 Å². The number of phenols is 1. The summed E-state index contributed by atoms with van der Waals surface area (Å²) in [6, 6.07) is 10.6. The summed E-state index contributed by atoms with van der Waals surface area (Å²) in [5.41, 5.74) is 5.64. The van der Waals surface area contributed by atoms with Gasteiger partial charge in [-0.2, -0.15) is 15.3 Å². The molecule has 2 N–H and O–H groups in total. The van der Waals surface area contributed by atoms with Crippen molar-refractivity contribution in [2.24, 2.45) is 15.3 Å². The quantitative estimate of drug-likeness (QED) is 0.436. The number of nitrogens with one attached hydrogen (secondary N) is 1. The number of carbonyl (C=O) groups excluding carboxylic acids is 1. The number of nitrogens with zero attached hydrogens (tertiary/aromatic N) is 3. The van der Waals surface area contributed by atoms with Gasteiger partial charge in [0.05, 0.1) is 17.6 Å². The molecule has 2 aromatic carbocycles. The zero-order chi connectivity index (χ0) is 20.0. The normalized spacial score (nSPS) is 11.9. The van der Waals surface area contributed by atoms with Gasteiger partial charge in [0, 0.05) is 5.56 Å². The molecule has 0 aliphatic rings. The van der Waals surface area contributed by atoms with Crippen molar-refractivity contribution in [3.63, 3.8) is 0 Å². The van der Waals surface area contributed by atoms with Crippen LogP contribution in [0.25, 0.3) is 0 Å². The predicted octanol–water partition coefficient (Wildman–Crippen LogP) is 5.28. The first kappa shape index (κ1) is 20.1. The van der Waals surface area contributed by atoms with Crippen LogP contribution in [0.5, 0.6) is 5.75 Å². The highest BCUT2D eigenvalue weighted by Crippen LogP contribution is 2.25. The van der Waals surface area contributed by atoms with Crippen molar-refractivity contribution in [3.8, 4) is 5.75 Å². The summed E-state index contributed by atoms with van der Waals surface area (Å²) < 4.78 is 5.08. The number of hydrazone groups is 1. The van der Waals surface area contributed by atoms with Crippen molar-refractivity contribution in [1.29, 1.82) is 0 Å². The average molecular weight is 368 g/mol.